The number of nitrogens with one attached hydrogen (secondary N) is 1. The lowest BCUT2D eigenvalue weighted by molar-refractivity contribution is -0.202. The molecule has 1 aliphatic rings. The molecule has 1 N–H and O–H groups in total. The minimum Gasteiger partial charge on any atom is -0.494 e. The number of hydrogen-bond donors (Lipinski definition) is 1. The second kappa shape index (κ2) is 7.88. The molecule has 1 aliphatic heterocycles. The fourth-order valence-corrected chi connectivity index (χ4v) is 4.30. The Morgan fingerprint density at radius 3 is 2.77 bits per heavy atom. The van der Waals surface area contributed by atoms with Gasteiger partial charge in [0.15, 0.2) is 5.82 Å². The standard InChI is InChI=1S/C21H22N6O3S/c1-26-20-14(9-23-26)4-5-17(28-2)19(20)25-31-16-10-24-27(11-16)18-8-15(6-7-22-18)21(29-3)12-30-13-21/h4-11,25H,12-13H2,1-3H3. The van der Waals surface area contributed by atoms with E-state index in [-0.39, 0.29) is 0 Å². The molecule has 4 aromatic rings. The summed E-state index contributed by atoms with van der Waals surface area (Å²) in [6, 6.07) is 7.87. The molecule has 1 fully saturated rings. The largest absolute Gasteiger partial charge is 0.494 e. The lowest BCUT2D eigenvalue weighted by atomic mass is 9.92. The van der Waals surface area contributed by atoms with Gasteiger partial charge >= 0.3 is 0 Å². The van der Waals surface area contributed by atoms with Crippen molar-refractivity contribution in [2.45, 2.75) is 10.5 Å². The third-order valence-corrected chi connectivity index (χ3v) is 6.23. The highest BCUT2D eigenvalue weighted by molar-refractivity contribution is 8.00. The van der Waals surface area contributed by atoms with Gasteiger partial charge in [-0.1, -0.05) is 0 Å². The summed E-state index contributed by atoms with van der Waals surface area (Å²) in [4.78, 5) is 5.40. The number of ether oxygens (including phenoxy) is 3. The molecule has 0 radical (unpaired) electrons. The Labute approximate surface area is 183 Å². The lowest BCUT2D eigenvalue weighted by Gasteiger charge is -2.40. The van der Waals surface area contributed by atoms with Crippen LogP contribution in [0.3, 0.4) is 0 Å². The molecule has 0 aliphatic carbocycles. The SMILES string of the molecule is COc1ccc2cnn(C)c2c1NSc1cnn(-c2cc(C3(OC)COC3)ccn2)c1. The predicted octanol–water partition coefficient (Wildman–Crippen LogP) is 3.15. The Balaban J connectivity index is 1.38. The summed E-state index contributed by atoms with van der Waals surface area (Å²) < 4.78 is 23.6. The van der Waals surface area contributed by atoms with Crippen LogP contribution in [0.25, 0.3) is 16.7 Å². The number of aryl methyl sites for hydroxylation is 1. The van der Waals surface area contributed by atoms with Crippen LogP contribution in [0.5, 0.6) is 5.75 Å². The third kappa shape index (κ3) is 3.42. The maximum Gasteiger partial charge on any atom is 0.153 e. The first-order valence-corrected chi connectivity index (χ1v) is 10.5. The van der Waals surface area contributed by atoms with E-state index in [1.54, 1.807) is 31.3 Å². The van der Waals surface area contributed by atoms with Gasteiger partial charge in [0.25, 0.3) is 0 Å². The zero-order valence-electron chi connectivity index (χ0n) is 17.4. The van der Waals surface area contributed by atoms with E-state index in [9.17, 15) is 0 Å². The minimum atomic E-state index is -0.400. The number of aromatic nitrogens is 5. The van der Waals surface area contributed by atoms with Crippen molar-refractivity contribution in [3.05, 3.63) is 54.6 Å². The van der Waals surface area contributed by atoms with E-state index in [1.807, 2.05) is 48.4 Å². The van der Waals surface area contributed by atoms with E-state index in [4.69, 9.17) is 14.2 Å². The Morgan fingerprint density at radius 1 is 1.16 bits per heavy atom. The second-order valence-corrected chi connectivity index (χ2v) is 8.15. The summed E-state index contributed by atoms with van der Waals surface area (Å²) in [5, 5.41) is 9.86. The maximum absolute atomic E-state index is 5.69. The van der Waals surface area contributed by atoms with Gasteiger partial charge in [-0.3, -0.25) is 4.68 Å². The van der Waals surface area contributed by atoms with Gasteiger partial charge in [-0.15, -0.1) is 0 Å². The molecular formula is C21H22N6O3S. The minimum absolute atomic E-state index is 0.400. The van der Waals surface area contributed by atoms with Crippen molar-refractivity contribution in [3.8, 4) is 11.6 Å². The van der Waals surface area contributed by atoms with E-state index < -0.39 is 5.60 Å². The molecule has 1 aromatic carbocycles. The van der Waals surface area contributed by atoms with Crippen LogP contribution in [0.4, 0.5) is 5.69 Å². The van der Waals surface area contributed by atoms with Gasteiger partial charge in [-0.2, -0.15) is 10.2 Å². The summed E-state index contributed by atoms with van der Waals surface area (Å²) in [6.45, 7) is 1.08. The highest BCUT2D eigenvalue weighted by Gasteiger charge is 2.40. The summed E-state index contributed by atoms with van der Waals surface area (Å²) in [5.41, 5.74) is 2.47. The van der Waals surface area contributed by atoms with Crippen molar-refractivity contribution in [1.29, 1.82) is 0 Å². The van der Waals surface area contributed by atoms with Crippen LogP contribution >= 0.6 is 11.9 Å². The topological polar surface area (TPSA) is 88.2 Å². The van der Waals surface area contributed by atoms with Crippen LogP contribution in [0.1, 0.15) is 5.56 Å². The Kier molecular flexibility index (Phi) is 5.05. The van der Waals surface area contributed by atoms with E-state index in [1.165, 1.54) is 11.9 Å². The predicted molar refractivity (Wildman–Crippen MR) is 118 cm³/mol. The lowest BCUT2D eigenvalue weighted by Crippen LogP contribution is -2.48. The van der Waals surface area contributed by atoms with Crippen LogP contribution < -0.4 is 9.46 Å². The molecule has 9 nitrogen and oxygen atoms in total. The monoisotopic (exact) mass is 438 g/mol. The quantitative estimate of drug-likeness (QED) is 0.440. The Morgan fingerprint density at radius 2 is 2.03 bits per heavy atom. The van der Waals surface area contributed by atoms with Crippen LogP contribution in [0.2, 0.25) is 0 Å². The number of benzene rings is 1. The molecule has 0 amide bonds. The fourth-order valence-electron chi connectivity index (χ4n) is 3.63. The van der Waals surface area contributed by atoms with Gasteiger partial charge in [-0.05, 0) is 41.8 Å². The van der Waals surface area contributed by atoms with Crippen LogP contribution in [-0.2, 0) is 22.1 Å². The fraction of sp³-hybridized carbons (Fsp3) is 0.286. The van der Waals surface area contributed by atoms with E-state index in [0.29, 0.717) is 13.2 Å². The average Bonchev–Trinajstić information content (AvgIpc) is 3.39. The first-order valence-electron chi connectivity index (χ1n) is 9.69. The van der Waals surface area contributed by atoms with E-state index in [0.717, 1.165) is 38.6 Å². The molecule has 0 saturated carbocycles. The smallest absolute Gasteiger partial charge is 0.153 e. The highest BCUT2D eigenvalue weighted by Crippen LogP contribution is 2.36. The van der Waals surface area contributed by atoms with Gasteiger partial charge < -0.3 is 18.9 Å². The van der Waals surface area contributed by atoms with Gasteiger partial charge in [0.1, 0.15) is 17.0 Å². The molecule has 3 aromatic heterocycles. The molecule has 1 saturated heterocycles. The first kappa shape index (κ1) is 19.9. The molecule has 10 heteroatoms. The molecule has 0 atom stereocenters. The molecule has 31 heavy (non-hydrogen) atoms. The number of anilines is 1. The van der Waals surface area contributed by atoms with Crippen molar-refractivity contribution in [1.82, 2.24) is 24.5 Å². The van der Waals surface area contributed by atoms with Gasteiger partial charge in [0.2, 0.25) is 0 Å². The number of hydrogen-bond acceptors (Lipinski definition) is 8. The highest BCUT2D eigenvalue weighted by atomic mass is 32.2. The summed E-state index contributed by atoms with van der Waals surface area (Å²) in [7, 11) is 5.27. The molecule has 0 bridgehead atoms. The molecular weight excluding hydrogens is 416 g/mol. The molecule has 160 valence electrons. The molecule has 0 unspecified atom stereocenters. The molecule has 4 heterocycles. The van der Waals surface area contributed by atoms with Crippen LogP contribution in [-0.4, -0.2) is 52.0 Å². The van der Waals surface area contributed by atoms with Crippen LogP contribution in [0.15, 0.2) is 53.9 Å². The Hall–Kier alpha value is -3.08. The van der Waals surface area contributed by atoms with Gasteiger partial charge in [-0.25, -0.2) is 9.67 Å². The van der Waals surface area contributed by atoms with Gasteiger partial charge in [0, 0.05) is 31.9 Å². The summed E-state index contributed by atoms with van der Waals surface area (Å²) in [5.74, 6) is 1.47. The summed E-state index contributed by atoms with van der Waals surface area (Å²) >= 11 is 1.45. The zero-order valence-corrected chi connectivity index (χ0v) is 18.2. The maximum atomic E-state index is 5.69. The number of rotatable bonds is 7. The number of methoxy groups -OCH3 is 2. The van der Waals surface area contributed by atoms with Gasteiger partial charge in [0.05, 0.1) is 43.1 Å². The number of fused-ring (bicyclic) bond motifs is 1. The van der Waals surface area contributed by atoms with Crippen molar-refractivity contribution >= 4 is 28.5 Å². The van der Waals surface area contributed by atoms with E-state index >= 15 is 0 Å². The summed E-state index contributed by atoms with van der Waals surface area (Å²) in [6.07, 6.45) is 7.32. The normalized spacial score (nSPS) is 15.1. The molecule has 5 rings (SSSR count). The number of pyridine rings is 1. The number of nitrogens with zero attached hydrogens (tertiary/aromatic N) is 5. The van der Waals surface area contributed by atoms with Crippen LogP contribution in [0, 0.1) is 0 Å². The molecule has 0 spiro atoms. The van der Waals surface area contributed by atoms with Crippen molar-refractivity contribution < 1.29 is 14.2 Å². The van der Waals surface area contributed by atoms with Crippen molar-refractivity contribution in [2.24, 2.45) is 7.05 Å². The zero-order chi connectivity index (χ0) is 21.4. The van der Waals surface area contributed by atoms with Crippen molar-refractivity contribution in [3.63, 3.8) is 0 Å². The van der Waals surface area contributed by atoms with E-state index in [2.05, 4.69) is 19.9 Å². The average molecular weight is 439 g/mol. The van der Waals surface area contributed by atoms with Crippen molar-refractivity contribution in [2.75, 3.05) is 32.2 Å². The third-order valence-electron chi connectivity index (χ3n) is 5.48. The second-order valence-electron chi connectivity index (χ2n) is 7.27. The first-order chi connectivity index (χ1) is 15.1. The Bertz CT molecular complexity index is 1230.